The van der Waals surface area contributed by atoms with Crippen molar-refractivity contribution in [2.24, 2.45) is 22.5 Å². The van der Waals surface area contributed by atoms with Crippen molar-refractivity contribution in [2.45, 2.75) is 162 Å². The van der Waals surface area contributed by atoms with E-state index in [0.29, 0.717) is 87.5 Å². The Kier molecular flexibility index (Phi) is 24.5. The normalized spacial score (nSPS) is 18.3. The van der Waals surface area contributed by atoms with Crippen LogP contribution >= 0.6 is 11.3 Å². The Morgan fingerprint density at radius 1 is 0.796 bits per heavy atom. The SMILES string of the molecule is CCCC1(OCCN(CCC(=O)O)C(=O)OCc2ccc(NC(=O)[C@H](CCCNC(N)=O)NC(=O)[C@@H](NC(=O)CCCCCN3C(=O)C=CC3=O)C(C)C)cc2)CC2(C)CCCC(Cn3ncc(-c4ccc(-c5cnc6cccc(C(=O)Nc7nc8ccccc8s7)c6c5)nc4C(=O)O)c3C)(C2)C1. The number of primary amides is 1. The predicted octanol–water partition coefficient (Wildman–Crippen LogP) is 10.6. The van der Waals surface area contributed by atoms with Crippen molar-refractivity contribution in [2.75, 3.05) is 43.4 Å². The summed E-state index contributed by atoms with van der Waals surface area (Å²) in [6, 6.07) is 21.8. The second-order valence-corrected chi connectivity index (χ2v) is 28.9. The number of carbonyl (C=O) groups excluding carboxylic acids is 8. The standard InChI is InChI=1S/C75H89N13O14S/c1-6-30-75(102-37-36-86(35-29-63(92)93)72(100)101-41-48-21-23-50(24-22-48)80-67(95)58(18-13-33-77-70(76)99)82-68(96)64(46(2)3)84-60(89)20-8-7-11-34-87-61(90)27-28-62(87)91)43-73(5)31-14-32-74(42-73,44-75)45-88-47(4)54(40-79-88)51-25-26-55(81-65(51)69(97)98)49-38-53-52(15-12-17-56(53)78-39-49)66(94)85-71-83-57-16-9-10-19-59(57)103-71/h9-10,12,15-17,19,21-28,38-40,46,58,64H,6-8,11,13-14,18,20,29-37,41-45H2,1-5H3,(H,80,95)(H,82,96)(H,84,89)(H,92,93)(H,97,98)(H3,76,77,99)(H,83,85,94)/t58-,64-,73?,74?,75?/m0/s1. The van der Waals surface area contributed by atoms with E-state index in [9.17, 15) is 58.2 Å². The number of carbonyl (C=O) groups is 10. The molecule has 9 amide bonds. The van der Waals surface area contributed by atoms with Crippen LogP contribution in [0.4, 0.5) is 20.4 Å². The number of aliphatic carboxylic acids is 1. The minimum absolute atomic E-state index is 0.0433. The smallest absolute Gasteiger partial charge is 0.410 e. The number of carboxylic acid groups (broad SMARTS) is 2. The largest absolute Gasteiger partial charge is 0.481 e. The number of thiazole rings is 1. The van der Waals surface area contributed by atoms with Crippen molar-refractivity contribution in [1.82, 2.24) is 50.5 Å². The van der Waals surface area contributed by atoms with Crippen molar-refractivity contribution in [3.05, 3.63) is 132 Å². The quantitative estimate of drug-likeness (QED) is 0.0137. The Bertz CT molecular complexity index is 4310. The molecule has 27 nitrogen and oxygen atoms in total. The second kappa shape index (κ2) is 33.5. The lowest BCUT2D eigenvalue weighted by atomic mass is 9.51. The second-order valence-electron chi connectivity index (χ2n) is 27.8. The zero-order valence-electron chi connectivity index (χ0n) is 58.6. The Morgan fingerprint density at radius 3 is 2.29 bits per heavy atom. The molecule has 2 bridgehead atoms. The molecule has 0 spiro atoms. The highest BCUT2D eigenvalue weighted by Crippen LogP contribution is 2.61. The maximum atomic E-state index is 13.9. The number of hydrogen-bond acceptors (Lipinski definition) is 17. The average molecular weight is 1430 g/mol. The Labute approximate surface area is 600 Å². The molecule has 103 heavy (non-hydrogen) atoms. The molecule has 28 heteroatoms. The van der Waals surface area contributed by atoms with Gasteiger partial charge in [-0.2, -0.15) is 5.10 Å². The van der Waals surface area contributed by atoms with Gasteiger partial charge in [0.05, 0.1) is 46.3 Å². The van der Waals surface area contributed by atoms with E-state index in [1.165, 1.54) is 28.4 Å². The molecule has 10 rings (SSSR count). The average Bonchev–Trinajstić information content (AvgIpc) is 1.42. The first-order valence-corrected chi connectivity index (χ1v) is 35.8. The van der Waals surface area contributed by atoms with Crippen LogP contribution in [-0.4, -0.2) is 155 Å². The number of pyridine rings is 2. The summed E-state index contributed by atoms with van der Waals surface area (Å²) in [5.74, 6) is -5.38. The number of para-hydroxylation sites is 1. The van der Waals surface area contributed by atoms with E-state index in [0.717, 1.165) is 65.8 Å². The van der Waals surface area contributed by atoms with E-state index in [4.69, 9.17) is 25.3 Å². The van der Waals surface area contributed by atoms with E-state index in [2.05, 4.69) is 50.4 Å². The molecule has 0 radical (unpaired) electrons. The lowest BCUT2D eigenvalue weighted by molar-refractivity contribution is -0.168. The van der Waals surface area contributed by atoms with Crippen LogP contribution in [-0.2, 0) is 51.4 Å². The van der Waals surface area contributed by atoms with Crippen LogP contribution in [0.2, 0.25) is 0 Å². The monoisotopic (exact) mass is 1430 g/mol. The number of nitrogens with two attached hydrogens (primary N) is 1. The highest BCUT2D eigenvalue weighted by molar-refractivity contribution is 7.22. The number of imide groups is 1. The summed E-state index contributed by atoms with van der Waals surface area (Å²) < 4.78 is 15.7. The minimum Gasteiger partial charge on any atom is -0.481 e. The lowest BCUT2D eigenvalue weighted by Crippen LogP contribution is -2.54. The number of hydrogen-bond donors (Lipinski definition) is 8. The molecule has 0 saturated heterocycles. The first-order valence-electron chi connectivity index (χ1n) is 35.0. The highest BCUT2D eigenvalue weighted by Gasteiger charge is 2.55. The third-order valence-electron chi connectivity index (χ3n) is 19.5. The molecule has 4 aromatic heterocycles. The van der Waals surface area contributed by atoms with E-state index >= 15 is 0 Å². The van der Waals surface area contributed by atoms with Gasteiger partial charge in [0.25, 0.3) is 17.7 Å². The summed E-state index contributed by atoms with van der Waals surface area (Å²) in [5, 5.41) is 40.2. The number of benzene rings is 3. The number of unbranched alkanes of at least 4 members (excludes halogenated alkanes) is 2. The summed E-state index contributed by atoms with van der Waals surface area (Å²) in [6.07, 6.45) is 13.4. The maximum Gasteiger partial charge on any atom is 0.410 e. The van der Waals surface area contributed by atoms with Crippen LogP contribution in [0.15, 0.2) is 109 Å². The Balaban J connectivity index is 0.756. The number of aromatic nitrogens is 5. The molecule has 3 aliphatic rings. The maximum absolute atomic E-state index is 13.9. The predicted molar refractivity (Wildman–Crippen MR) is 386 cm³/mol. The molecule has 544 valence electrons. The molecule has 2 saturated carbocycles. The molecule has 3 unspecified atom stereocenters. The number of urea groups is 1. The third-order valence-corrected chi connectivity index (χ3v) is 20.4. The van der Waals surface area contributed by atoms with Crippen LogP contribution in [0, 0.1) is 23.7 Å². The van der Waals surface area contributed by atoms with E-state index < -0.39 is 53.6 Å². The number of ether oxygens (including phenoxy) is 2. The van der Waals surface area contributed by atoms with Crippen LogP contribution in [0.1, 0.15) is 156 Å². The number of aromatic carboxylic acids is 1. The summed E-state index contributed by atoms with van der Waals surface area (Å²) >= 11 is 1.37. The number of amides is 9. The van der Waals surface area contributed by atoms with E-state index in [1.807, 2.05) is 35.9 Å². The topological polar surface area (TPSA) is 379 Å². The van der Waals surface area contributed by atoms with Gasteiger partial charge in [0.2, 0.25) is 17.7 Å². The fourth-order valence-corrected chi connectivity index (χ4v) is 15.7. The van der Waals surface area contributed by atoms with Crippen LogP contribution < -0.4 is 32.3 Å². The van der Waals surface area contributed by atoms with Gasteiger partial charge in [0.15, 0.2) is 10.8 Å². The molecular weight excluding hydrogens is 1340 g/mol. The summed E-state index contributed by atoms with van der Waals surface area (Å²) in [4.78, 5) is 145. The first-order chi connectivity index (χ1) is 49.3. The molecule has 7 aromatic rings. The summed E-state index contributed by atoms with van der Waals surface area (Å²) in [5.41, 5.74) is 9.38. The Hall–Kier alpha value is -10.5. The number of carboxylic acids is 2. The van der Waals surface area contributed by atoms with Crippen LogP contribution in [0.25, 0.3) is 43.5 Å². The van der Waals surface area contributed by atoms with Gasteiger partial charge < -0.3 is 51.6 Å². The number of nitrogens with zero attached hydrogens (tertiary/aromatic N) is 7. The van der Waals surface area contributed by atoms with Crippen LogP contribution in [0.3, 0.4) is 0 Å². The lowest BCUT2D eigenvalue weighted by Gasteiger charge is -2.58. The summed E-state index contributed by atoms with van der Waals surface area (Å²) in [6.45, 7) is 10.6. The van der Waals surface area contributed by atoms with Gasteiger partial charge in [0, 0.05) is 96.5 Å². The fourth-order valence-electron chi connectivity index (χ4n) is 14.8. The number of fused-ring (bicyclic) bond motifs is 4. The van der Waals surface area contributed by atoms with Crippen molar-refractivity contribution >= 4 is 103 Å². The molecule has 2 fully saturated rings. The number of rotatable bonds is 34. The zero-order valence-corrected chi connectivity index (χ0v) is 59.4. The summed E-state index contributed by atoms with van der Waals surface area (Å²) in [7, 11) is 0. The molecular formula is C75H89N13O14S. The van der Waals surface area contributed by atoms with E-state index in [-0.39, 0.29) is 111 Å². The van der Waals surface area contributed by atoms with Crippen molar-refractivity contribution in [3.8, 4) is 22.4 Å². The van der Waals surface area contributed by atoms with Crippen molar-refractivity contribution in [3.63, 3.8) is 0 Å². The minimum atomic E-state index is -1.23. The molecule has 9 N–H and O–H groups in total. The van der Waals surface area contributed by atoms with Gasteiger partial charge in [-0.3, -0.25) is 53.4 Å². The van der Waals surface area contributed by atoms with Crippen molar-refractivity contribution < 1.29 is 67.6 Å². The van der Waals surface area contributed by atoms with E-state index in [1.54, 1.807) is 86.9 Å². The molecule has 2 aliphatic carbocycles. The Morgan fingerprint density at radius 2 is 1.56 bits per heavy atom. The van der Waals surface area contributed by atoms with Crippen LogP contribution in [0.5, 0.6) is 0 Å². The van der Waals surface area contributed by atoms with Crippen molar-refractivity contribution in [1.29, 1.82) is 0 Å². The fraction of sp³-hybridized carbons (Fsp3) is 0.440. The van der Waals surface area contributed by atoms with Gasteiger partial charge in [-0.15, -0.1) is 0 Å². The van der Waals surface area contributed by atoms with Gasteiger partial charge in [-0.25, -0.2) is 24.4 Å². The molecule has 5 heterocycles. The van der Waals surface area contributed by atoms with Gasteiger partial charge in [0.1, 0.15) is 18.7 Å². The van der Waals surface area contributed by atoms with Gasteiger partial charge >= 0.3 is 24.1 Å². The number of anilines is 2. The third kappa shape index (κ3) is 19.2. The first kappa shape index (κ1) is 75.2. The van der Waals surface area contributed by atoms with Gasteiger partial charge in [-0.05, 0) is 148 Å². The zero-order chi connectivity index (χ0) is 73.6. The molecule has 5 atom stereocenters. The number of nitrogens with one attached hydrogen (secondary N) is 5. The highest BCUT2D eigenvalue weighted by atomic mass is 32.1. The van der Waals surface area contributed by atoms with Gasteiger partial charge in [-0.1, -0.05) is 88.6 Å². The molecule has 3 aromatic carbocycles. The molecule has 1 aliphatic heterocycles.